The largest absolute Gasteiger partial charge is 0.496 e. The molecule has 2 nitrogen and oxygen atoms in total. The predicted octanol–water partition coefficient (Wildman–Crippen LogP) is 3.71. The number of nitrogens with two attached hydrogens (primary N) is 1. The number of aryl methyl sites for hydroxylation is 1. The third kappa shape index (κ3) is 2.66. The Kier molecular flexibility index (Phi) is 3.90. The molecule has 1 unspecified atom stereocenters. The van der Waals surface area contributed by atoms with Gasteiger partial charge in [-0.2, -0.15) is 0 Å². The molecule has 0 saturated heterocycles. The van der Waals surface area contributed by atoms with Gasteiger partial charge in [-0.05, 0) is 36.2 Å². The number of halogens is 1. The molecular weight excluding hydrogens is 246 g/mol. The highest BCUT2D eigenvalue weighted by Crippen LogP contribution is 2.29. The summed E-state index contributed by atoms with van der Waals surface area (Å²) in [7, 11) is 1.65. The van der Waals surface area contributed by atoms with E-state index in [1.165, 1.54) is 0 Å². The van der Waals surface area contributed by atoms with Crippen LogP contribution in [0.2, 0.25) is 5.02 Å². The van der Waals surface area contributed by atoms with E-state index in [0.717, 1.165) is 22.4 Å². The molecule has 94 valence electrons. The van der Waals surface area contributed by atoms with Gasteiger partial charge in [-0.15, -0.1) is 0 Å². The van der Waals surface area contributed by atoms with Gasteiger partial charge in [-0.1, -0.05) is 35.9 Å². The summed E-state index contributed by atoms with van der Waals surface area (Å²) in [6, 6.07) is 13.4. The van der Waals surface area contributed by atoms with E-state index in [-0.39, 0.29) is 6.04 Å². The summed E-state index contributed by atoms with van der Waals surface area (Å²) in [6.45, 7) is 2.00. The van der Waals surface area contributed by atoms with E-state index in [1.54, 1.807) is 7.11 Å². The Morgan fingerprint density at radius 3 is 2.56 bits per heavy atom. The van der Waals surface area contributed by atoms with E-state index in [9.17, 15) is 0 Å². The molecule has 0 heterocycles. The number of hydrogen-bond donors (Lipinski definition) is 1. The van der Waals surface area contributed by atoms with Crippen LogP contribution >= 0.6 is 11.6 Å². The van der Waals surface area contributed by atoms with Gasteiger partial charge in [0.25, 0.3) is 0 Å². The van der Waals surface area contributed by atoms with Crippen molar-refractivity contribution in [3.63, 3.8) is 0 Å². The first kappa shape index (κ1) is 12.9. The van der Waals surface area contributed by atoms with Gasteiger partial charge in [0.2, 0.25) is 0 Å². The molecule has 2 aromatic rings. The van der Waals surface area contributed by atoms with Gasteiger partial charge in [-0.3, -0.25) is 0 Å². The van der Waals surface area contributed by atoms with Crippen molar-refractivity contribution in [1.29, 1.82) is 0 Å². The molecule has 0 radical (unpaired) electrons. The average molecular weight is 262 g/mol. The van der Waals surface area contributed by atoms with Crippen LogP contribution in [0, 0.1) is 6.92 Å². The van der Waals surface area contributed by atoms with Crippen molar-refractivity contribution >= 4 is 11.6 Å². The van der Waals surface area contributed by atoms with E-state index in [1.807, 2.05) is 49.4 Å². The zero-order chi connectivity index (χ0) is 13.1. The molecular formula is C15H16ClNO. The molecule has 0 aliphatic rings. The second-order valence-corrected chi connectivity index (χ2v) is 4.72. The Balaban J connectivity index is 2.44. The molecule has 0 aromatic heterocycles. The van der Waals surface area contributed by atoms with E-state index in [4.69, 9.17) is 22.1 Å². The Bertz CT molecular complexity index is 534. The lowest BCUT2D eigenvalue weighted by Gasteiger charge is -2.16. The van der Waals surface area contributed by atoms with E-state index >= 15 is 0 Å². The first-order valence-electron chi connectivity index (χ1n) is 5.77. The van der Waals surface area contributed by atoms with Crippen molar-refractivity contribution in [3.8, 4) is 5.75 Å². The molecule has 1 atom stereocenters. The molecule has 0 aliphatic heterocycles. The van der Waals surface area contributed by atoms with Gasteiger partial charge in [0.1, 0.15) is 5.75 Å². The summed E-state index contributed by atoms with van der Waals surface area (Å²) in [6.07, 6.45) is 0. The molecule has 3 heteroatoms. The van der Waals surface area contributed by atoms with Gasteiger partial charge in [-0.25, -0.2) is 0 Å². The Hall–Kier alpha value is -1.51. The van der Waals surface area contributed by atoms with Crippen LogP contribution in [-0.4, -0.2) is 7.11 Å². The van der Waals surface area contributed by atoms with Gasteiger partial charge < -0.3 is 10.5 Å². The van der Waals surface area contributed by atoms with E-state index in [2.05, 4.69) is 0 Å². The fraction of sp³-hybridized carbons (Fsp3) is 0.200. The lowest BCUT2D eigenvalue weighted by atomic mass is 9.97. The first-order valence-corrected chi connectivity index (χ1v) is 6.15. The van der Waals surface area contributed by atoms with Gasteiger partial charge in [0.15, 0.2) is 0 Å². The summed E-state index contributed by atoms with van der Waals surface area (Å²) in [5, 5.41) is 0.704. The molecule has 2 aromatic carbocycles. The number of benzene rings is 2. The van der Waals surface area contributed by atoms with Crippen LogP contribution in [-0.2, 0) is 0 Å². The van der Waals surface area contributed by atoms with Crippen LogP contribution in [0.25, 0.3) is 0 Å². The lowest BCUT2D eigenvalue weighted by Crippen LogP contribution is -2.13. The summed E-state index contributed by atoms with van der Waals surface area (Å²) in [5.41, 5.74) is 9.34. The van der Waals surface area contributed by atoms with Crippen molar-refractivity contribution in [2.45, 2.75) is 13.0 Å². The minimum atomic E-state index is -0.237. The predicted molar refractivity (Wildman–Crippen MR) is 75.2 cm³/mol. The van der Waals surface area contributed by atoms with Gasteiger partial charge in [0, 0.05) is 10.6 Å². The van der Waals surface area contributed by atoms with Crippen LogP contribution < -0.4 is 10.5 Å². The fourth-order valence-electron chi connectivity index (χ4n) is 2.05. The lowest BCUT2D eigenvalue weighted by molar-refractivity contribution is 0.408. The SMILES string of the molecule is COc1ccccc1C(N)c1cc(C)cc(Cl)c1. The maximum Gasteiger partial charge on any atom is 0.123 e. The fourth-order valence-corrected chi connectivity index (χ4v) is 2.35. The number of para-hydroxylation sites is 1. The van der Waals surface area contributed by atoms with Crippen LogP contribution in [0.15, 0.2) is 42.5 Å². The summed E-state index contributed by atoms with van der Waals surface area (Å²) in [5.74, 6) is 0.794. The van der Waals surface area contributed by atoms with Crippen molar-refractivity contribution in [2.75, 3.05) is 7.11 Å². The minimum absolute atomic E-state index is 0.237. The van der Waals surface area contributed by atoms with Crippen molar-refractivity contribution in [3.05, 3.63) is 64.2 Å². The summed E-state index contributed by atoms with van der Waals surface area (Å²) >= 11 is 6.07. The molecule has 0 amide bonds. The highest BCUT2D eigenvalue weighted by molar-refractivity contribution is 6.30. The molecule has 0 bridgehead atoms. The smallest absolute Gasteiger partial charge is 0.123 e. The highest BCUT2D eigenvalue weighted by Gasteiger charge is 2.14. The van der Waals surface area contributed by atoms with Crippen LogP contribution in [0.3, 0.4) is 0 Å². The normalized spacial score (nSPS) is 12.2. The van der Waals surface area contributed by atoms with E-state index < -0.39 is 0 Å². The molecule has 0 saturated carbocycles. The zero-order valence-corrected chi connectivity index (χ0v) is 11.2. The second kappa shape index (κ2) is 5.42. The monoisotopic (exact) mass is 261 g/mol. The molecule has 0 spiro atoms. The van der Waals surface area contributed by atoms with Crippen molar-refractivity contribution in [2.24, 2.45) is 5.73 Å². The molecule has 2 rings (SSSR count). The third-order valence-electron chi connectivity index (χ3n) is 2.90. The van der Waals surface area contributed by atoms with Crippen molar-refractivity contribution in [1.82, 2.24) is 0 Å². The highest BCUT2D eigenvalue weighted by atomic mass is 35.5. The topological polar surface area (TPSA) is 35.2 Å². The molecule has 2 N–H and O–H groups in total. The standard InChI is InChI=1S/C15H16ClNO/c1-10-7-11(9-12(16)8-10)15(17)13-5-3-4-6-14(13)18-2/h3-9,15H,17H2,1-2H3. The minimum Gasteiger partial charge on any atom is -0.496 e. The Labute approximate surface area is 112 Å². The zero-order valence-electron chi connectivity index (χ0n) is 10.5. The first-order chi connectivity index (χ1) is 8.61. The van der Waals surface area contributed by atoms with Crippen LogP contribution in [0.4, 0.5) is 0 Å². The quantitative estimate of drug-likeness (QED) is 0.914. The van der Waals surface area contributed by atoms with Crippen LogP contribution in [0.1, 0.15) is 22.7 Å². The molecule has 0 aliphatic carbocycles. The summed E-state index contributed by atoms with van der Waals surface area (Å²) < 4.78 is 5.34. The average Bonchev–Trinajstić information content (AvgIpc) is 2.36. The van der Waals surface area contributed by atoms with Gasteiger partial charge >= 0.3 is 0 Å². The Morgan fingerprint density at radius 1 is 1.17 bits per heavy atom. The molecule has 0 fully saturated rings. The molecule has 18 heavy (non-hydrogen) atoms. The van der Waals surface area contributed by atoms with E-state index in [0.29, 0.717) is 5.02 Å². The number of hydrogen-bond acceptors (Lipinski definition) is 2. The maximum absolute atomic E-state index is 6.29. The Morgan fingerprint density at radius 2 is 1.89 bits per heavy atom. The number of methoxy groups -OCH3 is 1. The maximum atomic E-state index is 6.29. The number of ether oxygens (including phenoxy) is 1. The second-order valence-electron chi connectivity index (χ2n) is 4.28. The third-order valence-corrected chi connectivity index (χ3v) is 3.12. The van der Waals surface area contributed by atoms with Gasteiger partial charge in [0.05, 0.1) is 13.2 Å². The number of rotatable bonds is 3. The summed E-state index contributed by atoms with van der Waals surface area (Å²) in [4.78, 5) is 0. The van der Waals surface area contributed by atoms with Crippen molar-refractivity contribution < 1.29 is 4.74 Å². The van der Waals surface area contributed by atoms with Crippen LogP contribution in [0.5, 0.6) is 5.75 Å².